The number of allylic oxidation sites excluding steroid dienone is 1. The zero-order chi connectivity index (χ0) is 20.4. The summed E-state index contributed by atoms with van der Waals surface area (Å²) in [6, 6.07) is 23.3. The van der Waals surface area contributed by atoms with E-state index >= 15 is 0 Å². The van der Waals surface area contributed by atoms with E-state index in [1.807, 2.05) is 50.3 Å². The SMILES string of the molecule is C/C=C\c1cccc2c1Cc1ccccc1-2.C=Cc1ccccc1C=C.CC. The molecule has 0 atom stereocenters. The molecule has 0 nitrogen and oxygen atoms in total. The van der Waals surface area contributed by atoms with Crippen LogP contribution in [0, 0.1) is 0 Å². The van der Waals surface area contributed by atoms with Crippen molar-refractivity contribution in [3.63, 3.8) is 0 Å². The summed E-state index contributed by atoms with van der Waals surface area (Å²) in [5.74, 6) is 0. The molecule has 1 aliphatic carbocycles. The molecule has 0 amide bonds. The van der Waals surface area contributed by atoms with Crippen LogP contribution in [0.2, 0.25) is 0 Å². The first kappa shape index (κ1) is 21.2. The van der Waals surface area contributed by atoms with E-state index in [9.17, 15) is 0 Å². The number of hydrogen-bond donors (Lipinski definition) is 0. The summed E-state index contributed by atoms with van der Waals surface area (Å²) in [5, 5.41) is 0. The largest absolute Gasteiger partial charge is 0.0984 e. The second-order valence-electron chi connectivity index (χ2n) is 6.24. The van der Waals surface area contributed by atoms with Gasteiger partial charge in [0, 0.05) is 0 Å². The number of rotatable bonds is 3. The molecule has 142 valence electrons. The molecule has 3 aromatic rings. The van der Waals surface area contributed by atoms with Crippen LogP contribution in [0.25, 0.3) is 29.4 Å². The fraction of sp³-hybridized carbons (Fsp3) is 0.143. The molecule has 0 aromatic heterocycles. The Morgan fingerprint density at radius 3 is 1.82 bits per heavy atom. The molecular weight excluding hydrogens is 336 g/mol. The summed E-state index contributed by atoms with van der Waals surface area (Å²) in [7, 11) is 0. The maximum atomic E-state index is 3.69. The molecule has 28 heavy (non-hydrogen) atoms. The fourth-order valence-corrected chi connectivity index (χ4v) is 3.40. The van der Waals surface area contributed by atoms with Gasteiger partial charge < -0.3 is 0 Å². The van der Waals surface area contributed by atoms with E-state index in [2.05, 4.69) is 74.7 Å². The molecule has 0 fully saturated rings. The summed E-state index contributed by atoms with van der Waals surface area (Å²) >= 11 is 0. The maximum Gasteiger partial charge on any atom is -0.000751 e. The standard InChI is InChI=1S/C16H14.C10H10.C2H6/c1-2-6-12-8-5-10-15-14-9-4-3-7-13(14)11-16(12)15;1-3-9-7-5-6-8-10(9)4-2;1-2/h2-10H,11H2,1H3;3-8H,1-2H2;1-2H3/b6-2-;;. The van der Waals surface area contributed by atoms with Gasteiger partial charge in [-0.1, -0.05) is 118 Å². The number of hydrogen-bond acceptors (Lipinski definition) is 0. The number of benzene rings is 3. The van der Waals surface area contributed by atoms with Gasteiger partial charge in [0.25, 0.3) is 0 Å². The Hall–Kier alpha value is -3.12. The molecule has 3 aromatic carbocycles. The van der Waals surface area contributed by atoms with Crippen molar-refractivity contribution in [1.29, 1.82) is 0 Å². The summed E-state index contributed by atoms with van der Waals surface area (Å²) in [5.41, 5.74) is 9.37. The van der Waals surface area contributed by atoms with Crippen molar-refractivity contribution in [2.45, 2.75) is 27.2 Å². The van der Waals surface area contributed by atoms with Crippen molar-refractivity contribution in [3.05, 3.63) is 114 Å². The van der Waals surface area contributed by atoms with Gasteiger partial charge in [-0.25, -0.2) is 0 Å². The zero-order valence-electron chi connectivity index (χ0n) is 17.3. The highest BCUT2D eigenvalue weighted by molar-refractivity contribution is 5.80. The van der Waals surface area contributed by atoms with E-state index in [1.165, 1.54) is 27.8 Å². The summed E-state index contributed by atoms with van der Waals surface area (Å²) < 4.78 is 0. The van der Waals surface area contributed by atoms with Gasteiger partial charge in [-0.3, -0.25) is 0 Å². The van der Waals surface area contributed by atoms with Gasteiger partial charge >= 0.3 is 0 Å². The minimum Gasteiger partial charge on any atom is -0.0984 e. The van der Waals surface area contributed by atoms with Gasteiger partial charge in [0.1, 0.15) is 0 Å². The summed E-state index contributed by atoms with van der Waals surface area (Å²) in [6.07, 6.45) is 9.04. The van der Waals surface area contributed by atoms with Gasteiger partial charge in [0.2, 0.25) is 0 Å². The monoisotopic (exact) mass is 366 g/mol. The predicted octanol–water partition coefficient (Wildman–Crippen LogP) is 8.29. The van der Waals surface area contributed by atoms with Gasteiger partial charge in [0.05, 0.1) is 0 Å². The van der Waals surface area contributed by atoms with Crippen molar-refractivity contribution in [2.75, 3.05) is 0 Å². The molecule has 0 aliphatic heterocycles. The lowest BCUT2D eigenvalue weighted by atomic mass is 10.0. The van der Waals surface area contributed by atoms with Gasteiger partial charge in [-0.2, -0.15) is 0 Å². The quantitative estimate of drug-likeness (QED) is 0.342. The Labute approximate surface area is 170 Å². The molecule has 0 saturated heterocycles. The molecular formula is C28H30. The highest BCUT2D eigenvalue weighted by Crippen LogP contribution is 2.38. The fourth-order valence-electron chi connectivity index (χ4n) is 3.40. The topological polar surface area (TPSA) is 0 Å². The minimum absolute atomic E-state index is 1.08. The van der Waals surface area contributed by atoms with Crippen LogP contribution in [0.3, 0.4) is 0 Å². The van der Waals surface area contributed by atoms with Crippen molar-refractivity contribution in [1.82, 2.24) is 0 Å². The highest BCUT2D eigenvalue weighted by Gasteiger charge is 2.18. The van der Waals surface area contributed by atoms with E-state index in [1.54, 1.807) is 0 Å². The molecule has 0 N–H and O–H groups in total. The van der Waals surface area contributed by atoms with Crippen molar-refractivity contribution in [3.8, 4) is 11.1 Å². The summed E-state index contributed by atoms with van der Waals surface area (Å²) in [6.45, 7) is 13.5. The van der Waals surface area contributed by atoms with Crippen LogP contribution >= 0.6 is 0 Å². The van der Waals surface area contributed by atoms with E-state index in [-0.39, 0.29) is 0 Å². The average Bonchev–Trinajstić information content (AvgIpc) is 3.15. The van der Waals surface area contributed by atoms with E-state index < -0.39 is 0 Å². The van der Waals surface area contributed by atoms with E-state index in [0.29, 0.717) is 0 Å². The van der Waals surface area contributed by atoms with Crippen LogP contribution in [-0.2, 0) is 6.42 Å². The van der Waals surface area contributed by atoms with Crippen LogP contribution in [0.15, 0.2) is 86.0 Å². The highest BCUT2D eigenvalue weighted by atomic mass is 14.2. The molecule has 4 rings (SSSR count). The lowest BCUT2D eigenvalue weighted by Crippen LogP contribution is -1.85. The van der Waals surface area contributed by atoms with Crippen LogP contribution in [-0.4, -0.2) is 0 Å². The van der Waals surface area contributed by atoms with Gasteiger partial charge in [-0.05, 0) is 52.3 Å². The van der Waals surface area contributed by atoms with Crippen molar-refractivity contribution < 1.29 is 0 Å². The molecule has 0 heteroatoms. The Morgan fingerprint density at radius 1 is 0.679 bits per heavy atom. The lowest BCUT2D eigenvalue weighted by molar-refractivity contribution is 1.25. The third kappa shape index (κ3) is 4.78. The van der Waals surface area contributed by atoms with Crippen molar-refractivity contribution >= 4 is 18.2 Å². The van der Waals surface area contributed by atoms with Gasteiger partial charge in [-0.15, -0.1) is 0 Å². The molecule has 0 saturated carbocycles. The third-order valence-corrected chi connectivity index (χ3v) is 4.67. The Kier molecular flexibility index (Phi) is 8.24. The van der Waals surface area contributed by atoms with E-state index in [4.69, 9.17) is 0 Å². The first-order chi connectivity index (χ1) is 13.8. The normalized spacial score (nSPS) is 10.7. The molecule has 0 unspecified atom stereocenters. The molecule has 0 bridgehead atoms. The Balaban J connectivity index is 0.000000202. The minimum atomic E-state index is 1.08. The van der Waals surface area contributed by atoms with Crippen molar-refractivity contribution in [2.24, 2.45) is 0 Å². The lowest BCUT2D eigenvalue weighted by Gasteiger charge is -2.03. The third-order valence-electron chi connectivity index (χ3n) is 4.67. The molecule has 0 spiro atoms. The first-order valence-electron chi connectivity index (χ1n) is 9.95. The Morgan fingerprint density at radius 2 is 1.21 bits per heavy atom. The van der Waals surface area contributed by atoms with Crippen LogP contribution in [0.5, 0.6) is 0 Å². The second-order valence-corrected chi connectivity index (χ2v) is 6.24. The number of fused-ring (bicyclic) bond motifs is 3. The second kappa shape index (κ2) is 10.9. The van der Waals surface area contributed by atoms with E-state index in [0.717, 1.165) is 17.5 Å². The maximum absolute atomic E-state index is 3.69. The van der Waals surface area contributed by atoms with Crippen LogP contribution < -0.4 is 0 Å². The first-order valence-corrected chi connectivity index (χ1v) is 9.95. The average molecular weight is 367 g/mol. The summed E-state index contributed by atoms with van der Waals surface area (Å²) in [4.78, 5) is 0. The predicted molar refractivity (Wildman–Crippen MR) is 127 cm³/mol. The smallest absolute Gasteiger partial charge is 0.000751 e. The molecule has 0 radical (unpaired) electrons. The van der Waals surface area contributed by atoms with Gasteiger partial charge in [0.15, 0.2) is 0 Å². The zero-order valence-corrected chi connectivity index (χ0v) is 17.3. The van der Waals surface area contributed by atoms with Crippen LogP contribution in [0.1, 0.15) is 48.6 Å². The molecule has 1 aliphatic rings. The Bertz CT molecular complexity index is 930. The van der Waals surface area contributed by atoms with Crippen LogP contribution in [0.4, 0.5) is 0 Å². The molecule has 0 heterocycles.